The Morgan fingerprint density at radius 2 is 1.16 bits per heavy atom. The summed E-state index contributed by atoms with van der Waals surface area (Å²) in [7, 11) is 0. The van der Waals surface area contributed by atoms with Crippen LogP contribution >= 0.6 is 0 Å². The minimum atomic E-state index is -1.41. The van der Waals surface area contributed by atoms with Gasteiger partial charge in [0.05, 0.1) is 30.3 Å². The number of hydrogen-bond donors (Lipinski definition) is 7. The van der Waals surface area contributed by atoms with Gasteiger partial charge < -0.3 is 40.5 Å². The summed E-state index contributed by atoms with van der Waals surface area (Å²) >= 11 is 0. The van der Waals surface area contributed by atoms with Crippen molar-refractivity contribution in [2.45, 2.75) is 56.7 Å². The first kappa shape index (κ1) is 24.7. The van der Waals surface area contributed by atoms with Crippen LogP contribution < -0.4 is 0 Å². The fourth-order valence-corrected chi connectivity index (χ4v) is 3.39. The van der Waals surface area contributed by atoms with E-state index >= 15 is 0 Å². The number of rotatable bonds is 17. The Balaban J connectivity index is 5.79. The van der Waals surface area contributed by atoms with Gasteiger partial charge in [-0.25, -0.2) is 0 Å². The van der Waals surface area contributed by atoms with Crippen molar-refractivity contribution in [2.75, 3.05) is 46.2 Å². The van der Waals surface area contributed by atoms with Gasteiger partial charge in [-0.3, -0.25) is 0 Å². The first-order valence-corrected chi connectivity index (χ1v) is 9.01. The topological polar surface area (TPSA) is 151 Å². The first-order chi connectivity index (χ1) is 12.0. The Labute approximate surface area is 149 Å². The van der Waals surface area contributed by atoms with E-state index < -0.39 is 30.3 Å². The van der Waals surface area contributed by atoms with Crippen molar-refractivity contribution in [2.24, 2.45) is 5.41 Å². The molecule has 0 saturated carbocycles. The minimum absolute atomic E-state index is 0.0889. The van der Waals surface area contributed by atoms with Crippen LogP contribution in [-0.2, 0) is 4.74 Å². The van der Waals surface area contributed by atoms with E-state index in [9.17, 15) is 25.5 Å². The summed E-state index contributed by atoms with van der Waals surface area (Å²) in [5, 5.41) is 67.4. The molecule has 8 heteroatoms. The highest BCUT2D eigenvalue weighted by Crippen LogP contribution is 2.45. The third kappa shape index (κ3) is 6.73. The van der Waals surface area contributed by atoms with E-state index in [4.69, 9.17) is 14.9 Å². The second kappa shape index (κ2) is 13.8. The standard InChI is InChI=1S/C17H36O8/c18-8-1-5-15(24)16(13-22,14-23)17(6-2-9-19,7-3-10-20)25-12-4-11-21/h15,18-24H,1-14H2. The summed E-state index contributed by atoms with van der Waals surface area (Å²) in [6.45, 7) is -1.40. The SMILES string of the molecule is OCCCOC(CCCO)(CCCO)C(CO)(CO)C(O)CCCO. The van der Waals surface area contributed by atoms with Crippen molar-refractivity contribution < 1.29 is 40.5 Å². The lowest BCUT2D eigenvalue weighted by atomic mass is 9.63. The van der Waals surface area contributed by atoms with Gasteiger partial charge >= 0.3 is 0 Å². The van der Waals surface area contributed by atoms with E-state index in [0.717, 1.165) is 0 Å². The molecule has 0 aliphatic carbocycles. The second-order valence-corrected chi connectivity index (χ2v) is 6.43. The second-order valence-electron chi connectivity index (χ2n) is 6.43. The molecular weight excluding hydrogens is 332 g/mol. The zero-order valence-corrected chi connectivity index (χ0v) is 15.0. The smallest absolute Gasteiger partial charge is 0.0809 e. The summed E-state index contributed by atoms with van der Waals surface area (Å²) in [6, 6.07) is 0. The van der Waals surface area contributed by atoms with Crippen LogP contribution in [0.3, 0.4) is 0 Å². The van der Waals surface area contributed by atoms with Crippen molar-refractivity contribution in [3.8, 4) is 0 Å². The van der Waals surface area contributed by atoms with E-state index in [1.165, 1.54) is 0 Å². The van der Waals surface area contributed by atoms with Crippen molar-refractivity contribution in [3.63, 3.8) is 0 Å². The summed E-state index contributed by atoms with van der Waals surface area (Å²) in [5.74, 6) is 0. The van der Waals surface area contributed by atoms with Crippen molar-refractivity contribution in [1.29, 1.82) is 0 Å². The van der Waals surface area contributed by atoms with Gasteiger partial charge in [-0.2, -0.15) is 0 Å². The molecule has 1 unspecified atom stereocenters. The zero-order valence-electron chi connectivity index (χ0n) is 15.0. The average molecular weight is 368 g/mol. The van der Waals surface area contributed by atoms with Crippen LogP contribution in [0.1, 0.15) is 44.9 Å². The molecule has 0 spiro atoms. The van der Waals surface area contributed by atoms with Crippen molar-refractivity contribution in [3.05, 3.63) is 0 Å². The molecule has 0 rings (SSSR count). The van der Waals surface area contributed by atoms with Crippen LogP contribution in [0.4, 0.5) is 0 Å². The largest absolute Gasteiger partial charge is 0.396 e. The van der Waals surface area contributed by atoms with Gasteiger partial charge in [0.25, 0.3) is 0 Å². The predicted octanol–water partition coefficient (Wildman–Crippen LogP) is -1.23. The predicted molar refractivity (Wildman–Crippen MR) is 92.0 cm³/mol. The molecule has 1 atom stereocenters. The molecule has 0 aromatic heterocycles. The molecular formula is C17H36O8. The van der Waals surface area contributed by atoms with E-state index in [2.05, 4.69) is 0 Å². The normalized spacial score (nSPS) is 14.0. The molecule has 8 nitrogen and oxygen atoms in total. The monoisotopic (exact) mass is 368 g/mol. The minimum Gasteiger partial charge on any atom is -0.396 e. The van der Waals surface area contributed by atoms with Crippen molar-refractivity contribution >= 4 is 0 Å². The van der Waals surface area contributed by atoms with Crippen molar-refractivity contribution in [1.82, 2.24) is 0 Å². The Morgan fingerprint density at radius 3 is 1.56 bits per heavy atom. The molecule has 25 heavy (non-hydrogen) atoms. The maximum absolute atomic E-state index is 10.7. The molecule has 0 aliphatic rings. The van der Waals surface area contributed by atoms with E-state index in [1.807, 2.05) is 0 Å². The molecule has 0 aromatic carbocycles. The molecule has 0 aliphatic heterocycles. The summed E-state index contributed by atoms with van der Waals surface area (Å²) < 4.78 is 6.00. The summed E-state index contributed by atoms with van der Waals surface area (Å²) in [6.07, 6.45) is 0.883. The number of ether oxygens (including phenoxy) is 1. The highest BCUT2D eigenvalue weighted by Gasteiger charge is 2.55. The molecule has 152 valence electrons. The Morgan fingerprint density at radius 1 is 0.680 bits per heavy atom. The molecule has 0 amide bonds. The lowest BCUT2D eigenvalue weighted by Gasteiger charge is -2.51. The van der Waals surface area contributed by atoms with Gasteiger partial charge in [0.1, 0.15) is 0 Å². The van der Waals surface area contributed by atoms with Gasteiger partial charge in [-0.15, -0.1) is 0 Å². The highest BCUT2D eigenvalue weighted by molar-refractivity contribution is 5.04. The number of aliphatic hydroxyl groups excluding tert-OH is 7. The molecule has 0 radical (unpaired) electrons. The van der Waals surface area contributed by atoms with Gasteiger partial charge in [-0.1, -0.05) is 0 Å². The van der Waals surface area contributed by atoms with E-state index in [0.29, 0.717) is 25.7 Å². The summed E-state index contributed by atoms with van der Waals surface area (Å²) in [5.41, 5.74) is -2.59. The quantitative estimate of drug-likeness (QED) is 0.158. The number of hydrogen-bond acceptors (Lipinski definition) is 8. The van der Waals surface area contributed by atoms with Crippen LogP contribution in [0.15, 0.2) is 0 Å². The highest BCUT2D eigenvalue weighted by atomic mass is 16.5. The average Bonchev–Trinajstić information content (AvgIpc) is 2.64. The maximum atomic E-state index is 10.7. The molecule has 0 aromatic rings. The van der Waals surface area contributed by atoms with Gasteiger partial charge in [-0.05, 0) is 44.9 Å². The molecule has 0 heterocycles. The Bertz CT molecular complexity index is 301. The molecule has 0 bridgehead atoms. The fraction of sp³-hybridized carbons (Fsp3) is 1.00. The van der Waals surface area contributed by atoms with Crippen LogP contribution in [0, 0.1) is 5.41 Å². The Kier molecular flexibility index (Phi) is 13.7. The lowest BCUT2D eigenvalue weighted by Crippen LogP contribution is -2.61. The van der Waals surface area contributed by atoms with Crippen LogP contribution in [-0.4, -0.2) is 93.7 Å². The zero-order chi connectivity index (χ0) is 19.2. The maximum Gasteiger partial charge on any atom is 0.0809 e. The third-order valence-corrected chi connectivity index (χ3v) is 4.90. The number of aliphatic hydroxyl groups is 7. The van der Waals surface area contributed by atoms with Crippen LogP contribution in [0.25, 0.3) is 0 Å². The fourth-order valence-electron chi connectivity index (χ4n) is 3.39. The van der Waals surface area contributed by atoms with Crippen LogP contribution in [0.2, 0.25) is 0 Å². The van der Waals surface area contributed by atoms with Gasteiger partial charge in [0.15, 0.2) is 0 Å². The summed E-state index contributed by atoms with van der Waals surface area (Å²) in [4.78, 5) is 0. The van der Waals surface area contributed by atoms with Gasteiger partial charge in [0.2, 0.25) is 0 Å². The van der Waals surface area contributed by atoms with E-state index in [-0.39, 0.29) is 52.3 Å². The Hall–Kier alpha value is -0.320. The molecule has 0 fully saturated rings. The first-order valence-electron chi connectivity index (χ1n) is 9.01. The third-order valence-electron chi connectivity index (χ3n) is 4.90. The van der Waals surface area contributed by atoms with E-state index in [1.54, 1.807) is 0 Å². The lowest BCUT2D eigenvalue weighted by molar-refractivity contribution is -0.221. The van der Waals surface area contributed by atoms with Crippen LogP contribution in [0.5, 0.6) is 0 Å². The molecule has 0 saturated heterocycles. The molecule has 7 N–H and O–H groups in total. The van der Waals surface area contributed by atoms with Gasteiger partial charge in [0, 0.05) is 33.0 Å².